The first kappa shape index (κ1) is 14.0. The average molecular weight is 300 g/mol. The van der Waals surface area contributed by atoms with E-state index in [-0.39, 0.29) is 11.9 Å². The van der Waals surface area contributed by atoms with Gasteiger partial charge in [0.25, 0.3) is 0 Å². The van der Waals surface area contributed by atoms with Crippen LogP contribution >= 0.6 is 15.9 Å². The average Bonchev–Trinajstić information content (AvgIpc) is 2.30. The molecule has 17 heavy (non-hydrogen) atoms. The number of carbonyl (C=O) groups is 1. The number of esters is 1. The van der Waals surface area contributed by atoms with Crippen LogP contribution in [0.2, 0.25) is 0 Å². The van der Waals surface area contributed by atoms with Gasteiger partial charge < -0.3 is 10.1 Å². The Kier molecular flexibility index (Phi) is 5.48. The molecule has 0 fully saturated rings. The number of aryl methyl sites for hydroxylation is 1. The van der Waals surface area contributed by atoms with Crippen molar-refractivity contribution in [2.24, 2.45) is 5.92 Å². The first-order valence-corrected chi connectivity index (χ1v) is 6.50. The lowest BCUT2D eigenvalue weighted by atomic mass is 10.1. The summed E-state index contributed by atoms with van der Waals surface area (Å²) in [6, 6.07) is 6.07. The molecule has 0 saturated heterocycles. The van der Waals surface area contributed by atoms with E-state index >= 15 is 0 Å². The summed E-state index contributed by atoms with van der Waals surface area (Å²) in [4.78, 5) is 11.4. The molecule has 1 aromatic carbocycles. The summed E-state index contributed by atoms with van der Waals surface area (Å²) in [6.45, 7) is 6.70. The predicted molar refractivity (Wildman–Crippen MR) is 73.2 cm³/mol. The molecule has 3 nitrogen and oxygen atoms in total. The molecule has 1 aromatic rings. The smallest absolute Gasteiger partial charge is 0.310 e. The lowest BCUT2D eigenvalue weighted by Gasteiger charge is -2.14. The molecule has 0 saturated carbocycles. The minimum atomic E-state index is -0.163. The molecule has 0 aliphatic carbocycles. The van der Waals surface area contributed by atoms with Gasteiger partial charge in [-0.15, -0.1) is 0 Å². The molecule has 0 spiro atoms. The summed E-state index contributed by atoms with van der Waals surface area (Å²) in [5.41, 5.74) is 2.18. The van der Waals surface area contributed by atoms with Crippen LogP contribution in [0.25, 0.3) is 0 Å². The van der Waals surface area contributed by atoms with Crippen molar-refractivity contribution in [2.45, 2.75) is 20.8 Å². The third-order valence-corrected chi connectivity index (χ3v) is 3.10. The molecule has 0 aliphatic rings. The number of hydrogen-bond acceptors (Lipinski definition) is 3. The van der Waals surface area contributed by atoms with Gasteiger partial charge in [-0.1, -0.05) is 13.0 Å². The van der Waals surface area contributed by atoms with Crippen LogP contribution in [0, 0.1) is 12.8 Å². The topological polar surface area (TPSA) is 38.3 Å². The van der Waals surface area contributed by atoms with Crippen molar-refractivity contribution in [2.75, 3.05) is 18.5 Å². The molecule has 4 heteroatoms. The number of benzene rings is 1. The van der Waals surface area contributed by atoms with E-state index in [1.807, 2.05) is 39.0 Å². The molecular weight excluding hydrogens is 282 g/mol. The monoisotopic (exact) mass is 299 g/mol. The molecule has 1 unspecified atom stereocenters. The van der Waals surface area contributed by atoms with E-state index < -0.39 is 0 Å². The molecule has 94 valence electrons. The van der Waals surface area contributed by atoms with Gasteiger partial charge in [0.15, 0.2) is 0 Å². The highest BCUT2D eigenvalue weighted by Crippen LogP contribution is 2.23. The van der Waals surface area contributed by atoms with Crippen LogP contribution in [0.4, 0.5) is 5.69 Å². The summed E-state index contributed by atoms with van der Waals surface area (Å²) in [5.74, 6) is -0.314. The Morgan fingerprint density at radius 2 is 2.24 bits per heavy atom. The van der Waals surface area contributed by atoms with Gasteiger partial charge in [0.1, 0.15) is 0 Å². The van der Waals surface area contributed by atoms with E-state index in [4.69, 9.17) is 4.74 Å². The molecule has 0 radical (unpaired) electrons. The highest BCUT2D eigenvalue weighted by Gasteiger charge is 2.13. The highest BCUT2D eigenvalue weighted by molar-refractivity contribution is 9.10. The molecule has 1 rings (SSSR count). The maximum absolute atomic E-state index is 11.4. The molecular formula is C13H18BrNO2. The van der Waals surface area contributed by atoms with Crippen molar-refractivity contribution in [3.63, 3.8) is 0 Å². The summed E-state index contributed by atoms with van der Waals surface area (Å²) in [6.07, 6.45) is 0. The normalized spacial score (nSPS) is 12.0. The van der Waals surface area contributed by atoms with Crippen molar-refractivity contribution in [1.82, 2.24) is 0 Å². The van der Waals surface area contributed by atoms with Crippen LogP contribution in [0.1, 0.15) is 19.4 Å². The van der Waals surface area contributed by atoms with Crippen molar-refractivity contribution in [1.29, 1.82) is 0 Å². The Morgan fingerprint density at radius 3 is 2.88 bits per heavy atom. The van der Waals surface area contributed by atoms with Gasteiger partial charge in [0.05, 0.1) is 12.5 Å². The highest BCUT2D eigenvalue weighted by atomic mass is 79.9. The number of hydrogen-bond donors (Lipinski definition) is 1. The van der Waals surface area contributed by atoms with Crippen molar-refractivity contribution in [3.05, 3.63) is 28.2 Å². The molecule has 0 heterocycles. The molecule has 0 aliphatic heterocycles. The van der Waals surface area contributed by atoms with Gasteiger partial charge in [-0.3, -0.25) is 4.79 Å². The fourth-order valence-corrected chi connectivity index (χ4v) is 1.79. The second-order valence-corrected chi connectivity index (χ2v) is 4.87. The van der Waals surface area contributed by atoms with Crippen molar-refractivity contribution >= 4 is 27.6 Å². The molecule has 0 aromatic heterocycles. The van der Waals surface area contributed by atoms with E-state index in [0.29, 0.717) is 13.2 Å². The first-order valence-electron chi connectivity index (χ1n) is 5.71. The van der Waals surface area contributed by atoms with Crippen LogP contribution in [-0.2, 0) is 9.53 Å². The largest absolute Gasteiger partial charge is 0.466 e. The second-order valence-electron chi connectivity index (χ2n) is 4.02. The summed E-state index contributed by atoms with van der Waals surface area (Å²) in [7, 11) is 0. The molecule has 1 atom stereocenters. The van der Waals surface area contributed by atoms with Crippen LogP contribution in [0.3, 0.4) is 0 Å². The lowest BCUT2D eigenvalue weighted by molar-refractivity contribution is -0.146. The molecule has 0 bridgehead atoms. The van der Waals surface area contributed by atoms with Gasteiger partial charge in [0.2, 0.25) is 0 Å². The zero-order chi connectivity index (χ0) is 12.8. The van der Waals surface area contributed by atoms with Crippen LogP contribution in [0.15, 0.2) is 22.7 Å². The molecule has 0 amide bonds. The van der Waals surface area contributed by atoms with Crippen molar-refractivity contribution in [3.8, 4) is 0 Å². The van der Waals surface area contributed by atoms with E-state index in [9.17, 15) is 4.79 Å². The Labute approximate surface area is 111 Å². The third-order valence-electron chi connectivity index (χ3n) is 2.41. The van der Waals surface area contributed by atoms with Gasteiger partial charge in [-0.25, -0.2) is 0 Å². The Morgan fingerprint density at radius 1 is 1.53 bits per heavy atom. The number of carbonyl (C=O) groups excluding carboxylic acids is 1. The minimum Gasteiger partial charge on any atom is -0.466 e. The number of nitrogens with one attached hydrogen (secondary N) is 1. The van der Waals surface area contributed by atoms with Crippen molar-refractivity contribution < 1.29 is 9.53 Å². The minimum absolute atomic E-state index is 0.151. The number of ether oxygens (including phenoxy) is 1. The Balaban J connectivity index is 2.55. The van der Waals surface area contributed by atoms with Gasteiger partial charge in [-0.05, 0) is 47.5 Å². The summed E-state index contributed by atoms with van der Waals surface area (Å²) >= 11 is 3.47. The van der Waals surface area contributed by atoms with Crippen LogP contribution in [-0.4, -0.2) is 19.1 Å². The maximum atomic E-state index is 11.4. The predicted octanol–water partition coefficient (Wildman–Crippen LogP) is 3.37. The number of rotatable bonds is 5. The summed E-state index contributed by atoms with van der Waals surface area (Å²) in [5, 5.41) is 3.25. The fourth-order valence-electron chi connectivity index (χ4n) is 1.41. The van der Waals surface area contributed by atoms with E-state index in [1.54, 1.807) is 0 Å². The standard InChI is InChI=1S/C13H18BrNO2/c1-4-17-13(16)10(3)8-15-12-7-9(2)5-6-11(12)14/h5-7,10,15H,4,8H2,1-3H3. The van der Waals surface area contributed by atoms with Crippen LogP contribution in [0.5, 0.6) is 0 Å². The first-order chi connectivity index (χ1) is 8.04. The quantitative estimate of drug-likeness (QED) is 0.847. The molecule has 1 N–H and O–H groups in total. The summed E-state index contributed by atoms with van der Waals surface area (Å²) < 4.78 is 5.95. The lowest BCUT2D eigenvalue weighted by Crippen LogP contribution is -2.22. The van der Waals surface area contributed by atoms with E-state index in [2.05, 4.69) is 21.2 Å². The fraction of sp³-hybridized carbons (Fsp3) is 0.462. The van der Waals surface area contributed by atoms with E-state index in [1.165, 1.54) is 5.56 Å². The van der Waals surface area contributed by atoms with Gasteiger partial charge >= 0.3 is 5.97 Å². The Hall–Kier alpha value is -1.03. The number of anilines is 1. The Bertz CT molecular complexity index is 393. The van der Waals surface area contributed by atoms with Crippen LogP contribution < -0.4 is 5.32 Å². The van der Waals surface area contributed by atoms with Gasteiger partial charge in [0, 0.05) is 16.7 Å². The zero-order valence-corrected chi connectivity index (χ0v) is 12.0. The third kappa shape index (κ3) is 4.38. The maximum Gasteiger partial charge on any atom is 0.310 e. The van der Waals surface area contributed by atoms with Gasteiger partial charge in [-0.2, -0.15) is 0 Å². The van der Waals surface area contributed by atoms with E-state index in [0.717, 1.165) is 10.2 Å². The number of halogens is 1. The second kappa shape index (κ2) is 6.64. The SMILES string of the molecule is CCOC(=O)C(C)CNc1cc(C)ccc1Br. The zero-order valence-electron chi connectivity index (χ0n) is 10.4.